The molecule has 2 amide bonds. The van der Waals surface area contributed by atoms with Gasteiger partial charge in [-0.15, -0.1) is 0 Å². The third-order valence-electron chi connectivity index (χ3n) is 4.69. The van der Waals surface area contributed by atoms with Crippen molar-refractivity contribution in [1.82, 2.24) is 14.5 Å². The van der Waals surface area contributed by atoms with E-state index in [0.717, 1.165) is 17.1 Å². The summed E-state index contributed by atoms with van der Waals surface area (Å²) in [6, 6.07) is 4.32. The number of nitrogens with zero attached hydrogens (tertiary/aromatic N) is 2. The number of rotatable bonds is 6. The molecule has 0 bridgehead atoms. The Morgan fingerprint density at radius 1 is 1.26 bits per heavy atom. The zero-order chi connectivity index (χ0) is 19.8. The lowest BCUT2D eigenvalue weighted by molar-refractivity contribution is -0.141. The lowest BCUT2D eigenvalue weighted by Crippen LogP contribution is -2.49. The van der Waals surface area contributed by atoms with Crippen LogP contribution in [0.25, 0.3) is 0 Å². The Bertz CT molecular complexity index is 863. The van der Waals surface area contributed by atoms with Crippen molar-refractivity contribution in [3.63, 3.8) is 0 Å². The number of carboxylic acids is 1. The van der Waals surface area contributed by atoms with Crippen LogP contribution in [0.5, 0.6) is 0 Å². The van der Waals surface area contributed by atoms with Gasteiger partial charge >= 0.3 is 5.97 Å². The average Bonchev–Trinajstić information content (AvgIpc) is 3.46. The quantitative estimate of drug-likeness (QED) is 0.692. The van der Waals surface area contributed by atoms with E-state index in [0.29, 0.717) is 0 Å². The maximum absolute atomic E-state index is 12.7. The van der Waals surface area contributed by atoms with Crippen molar-refractivity contribution in [3.05, 3.63) is 29.8 Å². The molecule has 2 aliphatic rings. The molecule has 2 N–H and O–H groups in total. The van der Waals surface area contributed by atoms with Crippen molar-refractivity contribution < 1.29 is 27.9 Å². The lowest BCUT2D eigenvalue weighted by atomic mass is 10.1. The summed E-state index contributed by atoms with van der Waals surface area (Å²) in [6.45, 7) is 1.64. The van der Waals surface area contributed by atoms with Gasteiger partial charge in [-0.05, 0) is 44.0 Å². The number of carbonyl (C=O) groups is 3. The minimum atomic E-state index is -3.84. The smallest absolute Gasteiger partial charge is 0.326 e. The fourth-order valence-corrected chi connectivity index (χ4v) is 4.41. The van der Waals surface area contributed by atoms with Gasteiger partial charge in [0.25, 0.3) is 5.91 Å². The van der Waals surface area contributed by atoms with Gasteiger partial charge < -0.3 is 15.3 Å². The molecule has 1 aliphatic heterocycles. The number of aliphatic carboxylic acids is 1. The van der Waals surface area contributed by atoms with Crippen LogP contribution in [0.2, 0.25) is 0 Å². The summed E-state index contributed by atoms with van der Waals surface area (Å²) in [5.41, 5.74) is 0.227. The molecule has 1 atom stereocenters. The predicted molar refractivity (Wildman–Crippen MR) is 94.5 cm³/mol. The van der Waals surface area contributed by atoms with Gasteiger partial charge in [0.1, 0.15) is 6.04 Å². The Morgan fingerprint density at radius 3 is 2.41 bits per heavy atom. The normalized spacial score (nSPS) is 19.2. The molecule has 1 saturated carbocycles. The molecule has 1 aromatic rings. The molecule has 146 valence electrons. The first kappa shape index (κ1) is 19.3. The number of carboxylic acid groups (broad SMARTS) is 1. The summed E-state index contributed by atoms with van der Waals surface area (Å²) >= 11 is 0. The van der Waals surface area contributed by atoms with Gasteiger partial charge in [-0.2, -0.15) is 4.31 Å². The molecule has 1 saturated heterocycles. The van der Waals surface area contributed by atoms with E-state index in [4.69, 9.17) is 0 Å². The highest BCUT2D eigenvalue weighted by atomic mass is 32.2. The van der Waals surface area contributed by atoms with Gasteiger partial charge in [-0.1, -0.05) is 0 Å². The first-order valence-electron chi connectivity index (χ1n) is 8.64. The second kappa shape index (κ2) is 7.28. The van der Waals surface area contributed by atoms with E-state index in [2.05, 4.69) is 5.32 Å². The van der Waals surface area contributed by atoms with Crippen LogP contribution >= 0.6 is 0 Å². The summed E-state index contributed by atoms with van der Waals surface area (Å²) in [5.74, 6) is -1.88. The fraction of sp³-hybridized carbons (Fsp3) is 0.471. The number of benzene rings is 1. The average molecular weight is 395 g/mol. The molecule has 3 rings (SSSR count). The van der Waals surface area contributed by atoms with Crippen LogP contribution in [0, 0.1) is 0 Å². The molecule has 0 spiro atoms. The molecule has 0 aromatic heterocycles. The van der Waals surface area contributed by atoms with Crippen molar-refractivity contribution >= 4 is 27.8 Å². The van der Waals surface area contributed by atoms with Gasteiger partial charge in [0.15, 0.2) is 0 Å². The number of sulfonamides is 1. The monoisotopic (exact) mass is 395 g/mol. The lowest BCUT2D eigenvalue weighted by Gasteiger charge is -2.27. The topological polar surface area (TPSA) is 124 Å². The zero-order valence-electron chi connectivity index (χ0n) is 14.8. The summed E-state index contributed by atoms with van der Waals surface area (Å²) < 4.78 is 26.4. The van der Waals surface area contributed by atoms with Crippen LogP contribution in [0.1, 0.15) is 30.1 Å². The summed E-state index contributed by atoms with van der Waals surface area (Å²) in [6.07, 6.45) is 1.51. The maximum Gasteiger partial charge on any atom is 0.326 e. The number of piperazine rings is 1. The van der Waals surface area contributed by atoms with Gasteiger partial charge in [0.2, 0.25) is 15.9 Å². The third kappa shape index (κ3) is 3.96. The second-order valence-electron chi connectivity index (χ2n) is 6.67. The van der Waals surface area contributed by atoms with Crippen molar-refractivity contribution in [2.45, 2.75) is 36.7 Å². The van der Waals surface area contributed by atoms with E-state index in [1.807, 2.05) is 0 Å². The van der Waals surface area contributed by atoms with Crippen LogP contribution in [-0.2, 0) is 19.6 Å². The van der Waals surface area contributed by atoms with Gasteiger partial charge in [0, 0.05) is 24.7 Å². The Morgan fingerprint density at radius 2 is 1.89 bits per heavy atom. The van der Waals surface area contributed by atoms with Gasteiger partial charge in [0.05, 0.1) is 11.4 Å². The Kier molecular flexibility index (Phi) is 5.20. The van der Waals surface area contributed by atoms with Crippen LogP contribution < -0.4 is 5.32 Å². The molecule has 0 radical (unpaired) electrons. The van der Waals surface area contributed by atoms with Crippen LogP contribution in [-0.4, -0.2) is 72.2 Å². The number of nitrogens with one attached hydrogen (secondary N) is 1. The van der Waals surface area contributed by atoms with Crippen LogP contribution in [0.15, 0.2) is 29.2 Å². The highest BCUT2D eigenvalue weighted by Gasteiger charge is 2.39. The minimum Gasteiger partial charge on any atom is -0.480 e. The van der Waals surface area contributed by atoms with E-state index in [1.165, 1.54) is 36.1 Å². The third-order valence-corrected chi connectivity index (χ3v) is 6.55. The SMILES string of the molecule is CC(C(=O)O)N(C(=O)c1ccc(S(=O)(=O)N2CCNC(=O)C2)cc1)C1CC1. The summed E-state index contributed by atoms with van der Waals surface area (Å²) in [7, 11) is -3.84. The highest BCUT2D eigenvalue weighted by Crippen LogP contribution is 2.30. The minimum absolute atomic E-state index is 0.0157. The predicted octanol–water partition coefficient (Wildman–Crippen LogP) is -0.115. The van der Waals surface area contributed by atoms with Crippen molar-refractivity contribution in [2.75, 3.05) is 19.6 Å². The number of amides is 2. The summed E-state index contributed by atoms with van der Waals surface area (Å²) in [5, 5.41) is 11.8. The van der Waals surface area contributed by atoms with Crippen molar-refractivity contribution in [1.29, 1.82) is 0 Å². The van der Waals surface area contributed by atoms with Crippen LogP contribution in [0.3, 0.4) is 0 Å². The zero-order valence-corrected chi connectivity index (χ0v) is 15.6. The summed E-state index contributed by atoms with van der Waals surface area (Å²) in [4.78, 5) is 36.8. The fourth-order valence-electron chi connectivity index (χ4n) is 3.02. The van der Waals surface area contributed by atoms with E-state index in [9.17, 15) is 27.9 Å². The highest BCUT2D eigenvalue weighted by molar-refractivity contribution is 7.89. The molecule has 1 heterocycles. The second-order valence-corrected chi connectivity index (χ2v) is 8.61. The van der Waals surface area contributed by atoms with Gasteiger partial charge in [-0.3, -0.25) is 9.59 Å². The molecule has 1 aromatic carbocycles. The maximum atomic E-state index is 12.7. The van der Waals surface area contributed by atoms with Crippen molar-refractivity contribution in [2.24, 2.45) is 0 Å². The Labute approximate surface area is 157 Å². The molecular weight excluding hydrogens is 374 g/mol. The van der Waals surface area contributed by atoms with E-state index < -0.39 is 27.9 Å². The number of hydrogen-bond donors (Lipinski definition) is 2. The van der Waals surface area contributed by atoms with E-state index in [-0.39, 0.29) is 42.0 Å². The van der Waals surface area contributed by atoms with Crippen molar-refractivity contribution in [3.8, 4) is 0 Å². The molecule has 1 unspecified atom stereocenters. The van der Waals surface area contributed by atoms with E-state index >= 15 is 0 Å². The molecule has 9 nitrogen and oxygen atoms in total. The van der Waals surface area contributed by atoms with E-state index in [1.54, 1.807) is 0 Å². The molecular formula is C17H21N3O6S. The number of carbonyl (C=O) groups excluding carboxylic acids is 2. The molecule has 2 fully saturated rings. The Balaban J connectivity index is 1.81. The first-order chi connectivity index (χ1) is 12.7. The van der Waals surface area contributed by atoms with Gasteiger partial charge in [-0.25, -0.2) is 13.2 Å². The molecule has 27 heavy (non-hydrogen) atoms. The largest absolute Gasteiger partial charge is 0.480 e. The molecule has 10 heteroatoms. The number of hydrogen-bond acceptors (Lipinski definition) is 5. The standard InChI is InChI=1S/C17H21N3O6S/c1-11(17(23)24)20(13-4-5-13)16(22)12-2-6-14(7-3-12)27(25,26)19-9-8-18-15(21)10-19/h2-3,6-7,11,13H,4-5,8-10H2,1H3,(H,18,21)(H,23,24). The first-order valence-corrected chi connectivity index (χ1v) is 10.1. The van der Waals surface area contributed by atoms with Crippen LogP contribution in [0.4, 0.5) is 0 Å². The Hall–Kier alpha value is -2.46. The molecule has 1 aliphatic carbocycles.